The van der Waals surface area contributed by atoms with E-state index in [4.69, 9.17) is 5.73 Å². The first-order valence-electron chi connectivity index (χ1n) is 4.92. The van der Waals surface area contributed by atoms with Gasteiger partial charge in [-0.25, -0.2) is 0 Å². The molecule has 0 fully saturated rings. The Kier molecular flexibility index (Phi) is 2.80. The van der Waals surface area contributed by atoms with Crippen LogP contribution in [0.1, 0.15) is 5.56 Å². The minimum Gasteiger partial charge on any atom is -0.323 e. The Labute approximate surface area is 84.9 Å². The van der Waals surface area contributed by atoms with Crippen LogP contribution in [-0.4, -0.2) is 6.04 Å². The van der Waals surface area contributed by atoms with Crippen molar-refractivity contribution in [3.8, 4) is 0 Å². The average Bonchev–Trinajstić information content (AvgIpc) is 2.23. The first kappa shape index (κ1) is 9.22. The van der Waals surface area contributed by atoms with Gasteiger partial charge in [0.15, 0.2) is 0 Å². The topological polar surface area (TPSA) is 26.0 Å². The van der Waals surface area contributed by atoms with Crippen molar-refractivity contribution in [2.75, 3.05) is 0 Å². The van der Waals surface area contributed by atoms with Crippen molar-refractivity contribution in [3.05, 3.63) is 60.2 Å². The maximum Gasteiger partial charge on any atom is 0.0365 e. The zero-order valence-corrected chi connectivity index (χ0v) is 8.06. The highest BCUT2D eigenvalue weighted by Gasteiger charge is 2.14. The third kappa shape index (κ3) is 2.12. The summed E-state index contributed by atoms with van der Waals surface area (Å²) in [6.45, 7) is 0. The molecule has 71 valence electrons. The lowest BCUT2D eigenvalue weighted by Gasteiger charge is -2.19. The molecule has 0 amide bonds. The van der Waals surface area contributed by atoms with Crippen molar-refractivity contribution in [1.82, 2.24) is 0 Å². The standard InChI is InChI=1S/C13H14N/c14-13-9-5-4-8-12(13)10-11-6-2-1-3-7-11/h1-8,12-13H,10,14H2. The van der Waals surface area contributed by atoms with E-state index in [1.807, 2.05) is 18.2 Å². The first-order valence-corrected chi connectivity index (χ1v) is 4.92. The fourth-order valence-electron chi connectivity index (χ4n) is 1.69. The van der Waals surface area contributed by atoms with Gasteiger partial charge in [0.25, 0.3) is 0 Å². The third-order valence-electron chi connectivity index (χ3n) is 2.52. The molecule has 1 heteroatoms. The molecule has 1 aromatic rings. The van der Waals surface area contributed by atoms with E-state index in [-0.39, 0.29) is 6.04 Å². The van der Waals surface area contributed by atoms with Gasteiger partial charge in [0.1, 0.15) is 0 Å². The second-order valence-corrected chi connectivity index (χ2v) is 3.60. The van der Waals surface area contributed by atoms with Crippen LogP contribution in [0.25, 0.3) is 0 Å². The molecule has 0 saturated heterocycles. The van der Waals surface area contributed by atoms with Crippen LogP contribution in [0.3, 0.4) is 0 Å². The second kappa shape index (κ2) is 4.25. The summed E-state index contributed by atoms with van der Waals surface area (Å²) in [6.07, 6.45) is 10.2. The van der Waals surface area contributed by atoms with Crippen LogP contribution in [0.2, 0.25) is 0 Å². The zero-order valence-electron chi connectivity index (χ0n) is 8.06. The van der Waals surface area contributed by atoms with Crippen LogP contribution in [-0.2, 0) is 6.42 Å². The third-order valence-corrected chi connectivity index (χ3v) is 2.52. The molecule has 0 aromatic heterocycles. The van der Waals surface area contributed by atoms with Gasteiger partial charge >= 0.3 is 0 Å². The van der Waals surface area contributed by atoms with Crippen molar-refractivity contribution in [2.45, 2.75) is 12.5 Å². The maximum absolute atomic E-state index is 5.93. The lowest BCUT2D eigenvalue weighted by molar-refractivity contribution is 0.557. The normalized spacial score (nSPS) is 25.2. The summed E-state index contributed by atoms with van der Waals surface area (Å²) >= 11 is 0. The number of benzene rings is 1. The zero-order chi connectivity index (χ0) is 9.80. The monoisotopic (exact) mass is 184 g/mol. The molecular weight excluding hydrogens is 170 g/mol. The summed E-state index contributed by atoms with van der Waals surface area (Å²) in [5, 5.41) is 0. The van der Waals surface area contributed by atoms with Gasteiger partial charge in [0.05, 0.1) is 0 Å². The average molecular weight is 184 g/mol. The van der Waals surface area contributed by atoms with Gasteiger partial charge < -0.3 is 5.73 Å². The fraction of sp³-hybridized carbons (Fsp3) is 0.231. The van der Waals surface area contributed by atoms with E-state index < -0.39 is 0 Å². The summed E-state index contributed by atoms with van der Waals surface area (Å²) in [5.74, 6) is 0.391. The molecule has 0 spiro atoms. The predicted octanol–water partition coefficient (Wildman–Crippen LogP) is 2.10. The molecule has 1 radical (unpaired) electrons. The quantitative estimate of drug-likeness (QED) is 0.748. The molecule has 2 unspecified atom stereocenters. The Morgan fingerprint density at radius 1 is 1.21 bits per heavy atom. The minimum absolute atomic E-state index is 0.0419. The Morgan fingerprint density at radius 2 is 2.00 bits per heavy atom. The lowest BCUT2D eigenvalue weighted by Crippen LogP contribution is -2.29. The lowest BCUT2D eigenvalue weighted by atomic mass is 9.90. The summed E-state index contributed by atoms with van der Waals surface area (Å²) in [5.41, 5.74) is 7.27. The van der Waals surface area contributed by atoms with E-state index in [0.29, 0.717) is 5.92 Å². The number of nitrogens with two attached hydrogens (primary N) is 1. The van der Waals surface area contributed by atoms with Crippen LogP contribution in [0, 0.1) is 12.0 Å². The molecule has 1 aliphatic carbocycles. The van der Waals surface area contributed by atoms with Gasteiger partial charge in [-0.05, 0) is 18.1 Å². The number of allylic oxidation sites excluding steroid dienone is 2. The molecule has 2 N–H and O–H groups in total. The number of hydrogen-bond acceptors (Lipinski definition) is 1. The second-order valence-electron chi connectivity index (χ2n) is 3.60. The summed E-state index contributed by atoms with van der Waals surface area (Å²) in [4.78, 5) is 0. The highest BCUT2D eigenvalue weighted by molar-refractivity contribution is 5.20. The van der Waals surface area contributed by atoms with Crippen LogP contribution >= 0.6 is 0 Å². The summed E-state index contributed by atoms with van der Waals surface area (Å²) < 4.78 is 0. The Morgan fingerprint density at radius 3 is 2.71 bits per heavy atom. The van der Waals surface area contributed by atoms with Crippen molar-refractivity contribution in [3.63, 3.8) is 0 Å². The van der Waals surface area contributed by atoms with Crippen LogP contribution in [0.5, 0.6) is 0 Å². The molecule has 1 aliphatic rings. The fourth-order valence-corrected chi connectivity index (χ4v) is 1.69. The first-order chi connectivity index (χ1) is 6.86. The SMILES string of the molecule is NC1[C]=CC=CC1Cc1ccccc1. The van der Waals surface area contributed by atoms with Crippen LogP contribution < -0.4 is 5.73 Å². The van der Waals surface area contributed by atoms with E-state index in [1.165, 1.54) is 5.56 Å². The molecule has 0 saturated carbocycles. The van der Waals surface area contributed by atoms with Gasteiger partial charge in [-0.2, -0.15) is 0 Å². The van der Waals surface area contributed by atoms with E-state index in [0.717, 1.165) is 6.42 Å². The van der Waals surface area contributed by atoms with Gasteiger partial charge in [0, 0.05) is 12.0 Å². The molecule has 1 nitrogen and oxygen atoms in total. The predicted molar refractivity (Wildman–Crippen MR) is 58.6 cm³/mol. The summed E-state index contributed by atoms with van der Waals surface area (Å²) in [6, 6.07) is 10.5. The molecule has 0 aliphatic heterocycles. The largest absolute Gasteiger partial charge is 0.323 e. The molecule has 1 aromatic carbocycles. The highest BCUT2D eigenvalue weighted by atomic mass is 14.6. The van der Waals surface area contributed by atoms with Gasteiger partial charge in [-0.1, -0.05) is 48.6 Å². The van der Waals surface area contributed by atoms with Crippen LogP contribution in [0.4, 0.5) is 0 Å². The minimum atomic E-state index is 0.0419. The van der Waals surface area contributed by atoms with Gasteiger partial charge in [0.2, 0.25) is 0 Å². The Balaban J connectivity index is 2.05. The van der Waals surface area contributed by atoms with Crippen molar-refractivity contribution in [2.24, 2.45) is 11.7 Å². The molecule has 0 bridgehead atoms. The molecular formula is C13H14N. The molecule has 2 atom stereocenters. The van der Waals surface area contributed by atoms with Gasteiger partial charge in [-0.15, -0.1) is 0 Å². The molecule has 2 rings (SSSR count). The molecule has 14 heavy (non-hydrogen) atoms. The highest BCUT2D eigenvalue weighted by Crippen LogP contribution is 2.16. The molecule has 0 heterocycles. The van der Waals surface area contributed by atoms with Crippen molar-refractivity contribution < 1.29 is 0 Å². The number of hydrogen-bond donors (Lipinski definition) is 1. The van der Waals surface area contributed by atoms with Gasteiger partial charge in [-0.3, -0.25) is 0 Å². The number of rotatable bonds is 2. The van der Waals surface area contributed by atoms with Crippen LogP contribution in [0.15, 0.2) is 48.6 Å². The Hall–Kier alpha value is -1.34. The van der Waals surface area contributed by atoms with E-state index in [2.05, 4.69) is 36.4 Å². The van der Waals surface area contributed by atoms with Crippen molar-refractivity contribution in [1.29, 1.82) is 0 Å². The Bertz CT molecular complexity index is 338. The van der Waals surface area contributed by atoms with E-state index in [9.17, 15) is 0 Å². The van der Waals surface area contributed by atoms with Crippen molar-refractivity contribution >= 4 is 0 Å². The maximum atomic E-state index is 5.93. The summed E-state index contributed by atoms with van der Waals surface area (Å²) in [7, 11) is 0. The van der Waals surface area contributed by atoms with E-state index in [1.54, 1.807) is 0 Å². The smallest absolute Gasteiger partial charge is 0.0365 e. The van der Waals surface area contributed by atoms with E-state index >= 15 is 0 Å².